The summed E-state index contributed by atoms with van der Waals surface area (Å²) >= 11 is 0. The van der Waals surface area contributed by atoms with Gasteiger partial charge >= 0.3 is 0 Å². The maximum Gasteiger partial charge on any atom is 0.247 e. The molecule has 0 bridgehead atoms. The molecule has 1 aromatic rings. The molecule has 20 heavy (non-hydrogen) atoms. The zero-order valence-electron chi connectivity index (χ0n) is 12.7. The number of carbonyl (C=O) groups excluding carboxylic acids is 2. The van der Waals surface area contributed by atoms with Gasteiger partial charge in [0.15, 0.2) is 0 Å². The standard InChI is InChI=1S/C16H24N2O2/c1-5-6-13-7-9-14(10-8-13)18-16(20)15(11(2)3)17-12(4)19/h7-11,15H,5-6H2,1-4H3,(H,17,19)(H,18,20)/t15-/m0/s1. The zero-order chi connectivity index (χ0) is 15.1. The molecule has 1 aromatic carbocycles. The summed E-state index contributed by atoms with van der Waals surface area (Å²) in [6.45, 7) is 7.37. The Bertz CT molecular complexity index is 452. The highest BCUT2D eigenvalue weighted by Crippen LogP contribution is 2.12. The Morgan fingerprint density at radius 3 is 2.20 bits per heavy atom. The van der Waals surface area contributed by atoms with Gasteiger partial charge in [-0.15, -0.1) is 0 Å². The molecule has 4 heteroatoms. The second-order valence-corrected chi connectivity index (χ2v) is 5.36. The van der Waals surface area contributed by atoms with Crippen molar-refractivity contribution in [1.82, 2.24) is 5.32 Å². The minimum atomic E-state index is -0.511. The third-order valence-electron chi connectivity index (χ3n) is 3.07. The van der Waals surface area contributed by atoms with Crippen molar-refractivity contribution in [2.75, 3.05) is 5.32 Å². The molecule has 0 aromatic heterocycles. The molecule has 1 rings (SSSR count). The van der Waals surface area contributed by atoms with E-state index in [1.807, 2.05) is 38.1 Å². The normalized spacial score (nSPS) is 12.1. The molecule has 0 unspecified atom stereocenters. The summed E-state index contributed by atoms with van der Waals surface area (Å²) in [5, 5.41) is 5.52. The lowest BCUT2D eigenvalue weighted by Crippen LogP contribution is -2.46. The van der Waals surface area contributed by atoms with Crippen molar-refractivity contribution in [2.45, 2.75) is 46.6 Å². The van der Waals surface area contributed by atoms with Gasteiger partial charge < -0.3 is 10.6 Å². The number of anilines is 1. The van der Waals surface area contributed by atoms with Crippen molar-refractivity contribution in [3.8, 4) is 0 Å². The Morgan fingerprint density at radius 1 is 1.15 bits per heavy atom. The van der Waals surface area contributed by atoms with E-state index in [-0.39, 0.29) is 17.7 Å². The molecule has 0 aliphatic heterocycles. The van der Waals surface area contributed by atoms with Gasteiger partial charge in [0.1, 0.15) is 6.04 Å². The smallest absolute Gasteiger partial charge is 0.247 e. The third-order valence-corrected chi connectivity index (χ3v) is 3.07. The van der Waals surface area contributed by atoms with Crippen LogP contribution >= 0.6 is 0 Å². The maximum absolute atomic E-state index is 12.2. The van der Waals surface area contributed by atoms with E-state index in [9.17, 15) is 9.59 Å². The maximum atomic E-state index is 12.2. The summed E-state index contributed by atoms with van der Waals surface area (Å²) in [6.07, 6.45) is 2.14. The van der Waals surface area contributed by atoms with Crippen molar-refractivity contribution in [1.29, 1.82) is 0 Å². The quantitative estimate of drug-likeness (QED) is 0.839. The number of hydrogen-bond donors (Lipinski definition) is 2. The molecule has 0 saturated carbocycles. The van der Waals surface area contributed by atoms with Crippen LogP contribution < -0.4 is 10.6 Å². The minimum absolute atomic E-state index is 0.0401. The first-order valence-corrected chi connectivity index (χ1v) is 7.11. The van der Waals surface area contributed by atoms with Gasteiger partial charge in [0.25, 0.3) is 0 Å². The molecular formula is C16H24N2O2. The van der Waals surface area contributed by atoms with Crippen LogP contribution in [-0.2, 0) is 16.0 Å². The van der Waals surface area contributed by atoms with Gasteiger partial charge in [-0.1, -0.05) is 39.3 Å². The van der Waals surface area contributed by atoms with E-state index in [2.05, 4.69) is 17.6 Å². The number of hydrogen-bond acceptors (Lipinski definition) is 2. The Hall–Kier alpha value is -1.84. The Morgan fingerprint density at radius 2 is 1.75 bits per heavy atom. The van der Waals surface area contributed by atoms with E-state index >= 15 is 0 Å². The first kappa shape index (κ1) is 16.2. The highest BCUT2D eigenvalue weighted by atomic mass is 16.2. The molecule has 0 aliphatic rings. The highest BCUT2D eigenvalue weighted by molar-refractivity contribution is 5.97. The Labute approximate surface area is 121 Å². The van der Waals surface area contributed by atoms with E-state index in [1.54, 1.807) is 0 Å². The lowest BCUT2D eigenvalue weighted by atomic mass is 10.0. The van der Waals surface area contributed by atoms with E-state index in [4.69, 9.17) is 0 Å². The molecular weight excluding hydrogens is 252 g/mol. The first-order valence-electron chi connectivity index (χ1n) is 7.11. The van der Waals surface area contributed by atoms with Crippen LogP contribution in [0.1, 0.15) is 39.7 Å². The fourth-order valence-corrected chi connectivity index (χ4v) is 2.02. The largest absolute Gasteiger partial charge is 0.344 e. The molecule has 4 nitrogen and oxygen atoms in total. The number of nitrogens with one attached hydrogen (secondary N) is 2. The molecule has 2 N–H and O–H groups in total. The Balaban J connectivity index is 2.69. The number of benzene rings is 1. The molecule has 0 aliphatic carbocycles. The molecule has 0 saturated heterocycles. The van der Waals surface area contributed by atoms with Gasteiger partial charge in [0, 0.05) is 12.6 Å². The average Bonchev–Trinajstić information content (AvgIpc) is 2.38. The SMILES string of the molecule is CCCc1ccc(NC(=O)[C@@H](NC(C)=O)C(C)C)cc1. The highest BCUT2D eigenvalue weighted by Gasteiger charge is 2.22. The van der Waals surface area contributed by atoms with Crippen LogP contribution in [0.2, 0.25) is 0 Å². The van der Waals surface area contributed by atoms with E-state index in [0.717, 1.165) is 18.5 Å². The fourth-order valence-electron chi connectivity index (χ4n) is 2.02. The second-order valence-electron chi connectivity index (χ2n) is 5.36. The fraction of sp³-hybridized carbons (Fsp3) is 0.500. The summed E-state index contributed by atoms with van der Waals surface area (Å²) in [4.78, 5) is 23.3. The van der Waals surface area contributed by atoms with Crippen LogP contribution in [-0.4, -0.2) is 17.9 Å². The summed E-state index contributed by atoms with van der Waals surface area (Å²) in [5.74, 6) is -0.339. The van der Waals surface area contributed by atoms with Crippen LogP contribution in [0.15, 0.2) is 24.3 Å². The lowest BCUT2D eigenvalue weighted by Gasteiger charge is -2.21. The Kier molecular flexibility index (Phi) is 6.22. The van der Waals surface area contributed by atoms with Crippen molar-refractivity contribution < 1.29 is 9.59 Å². The predicted octanol–water partition coefficient (Wildman–Crippen LogP) is 2.74. The van der Waals surface area contributed by atoms with Gasteiger partial charge in [-0.3, -0.25) is 9.59 Å². The third kappa shape index (κ3) is 5.03. The predicted molar refractivity (Wildman–Crippen MR) is 81.5 cm³/mol. The van der Waals surface area contributed by atoms with Gasteiger partial charge in [-0.2, -0.15) is 0 Å². The van der Waals surface area contributed by atoms with Gasteiger partial charge in [0.05, 0.1) is 0 Å². The van der Waals surface area contributed by atoms with Gasteiger partial charge in [-0.05, 0) is 30.0 Å². The number of rotatable bonds is 6. The molecule has 0 fully saturated rings. The van der Waals surface area contributed by atoms with Gasteiger partial charge in [-0.25, -0.2) is 0 Å². The second kappa shape index (κ2) is 7.68. The average molecular weight is 276 g/mol. The molecule has 2 amide bonds. The molecule has 110 valence electrons. The number of carbonyl (C=O) groups is 2. The summed E-state index contributed by atoms with van der Waals surface area (Å²) in [6, 6.07) is 7.31. The van der Waals surface area contributed by atoms with Crippen LogP contribution in [0.4, 0.5) is 5.69 Å². The van der Waals surface area contributed by atoms with Crippen molar-refractivity contribution in [2.24, 2.45) is 5.92 Å². The number of aryl methyl sites for hydroxylation is 1. The topological polar surface area (TPSA) is 58.2 Å². The van der Waals surface area contributed by atoms with Gasteiger partial charge in [0.2, 0.25) is 11.8 Å². The number of amides is 2. The van der Waals surface area contributed by atoms with E-state index in [1.165, 1.54) is 12.5 Å². The van der Waals surface area contributed by atoms with Crippen LogP contribution in [0.5, 0.6) is 0 Å². The van der Waals surface area contributed by atoms with E-state index in [0.29, 0.717) is 0 Å². The summed E-state index contributed by atoms with van der Waals surface area (Å²) < 4.78 is 0. The first-order chi connectivity index (χ1) is 9.43. The van der Waals surface area contributed by atoms with Crippen molar-refractivity contribution >= 4 is 17.5 Å². The summed E-state index contributed by atoms with van der Waals surface area (Å²) in [5.41, 5.74) is 2.01. The molecule has 1 atom stereocenters. The van der Waals surface area contributed by atoms with Crippen LogP contribution in [0.25, 0.3) is 0 Å². The van der Waals surface area contributed by atoms with Crippen LogP contribution in [0.3, 0.4) is 0 Å². The molecule has 0 heterocycles. The molecule has 0 spiro atoms. The lowest BCUT2D eigenvalue weighted by molar-refractivity contribution is -0.126. The molecule has 0 radical (unpaired) electrons. The monoisotopic (exact) mass is 276 g/mol. The zero-order valence-corrected chi connectivity index (χ0v) is 12.7. The van der Waals surface area contributed by atoms with Crippen LogP contribution in [0, 0.1) is 5.92 Å². The summed E-state index contributed by atoms with van der Waals surface area (Å²) in [7, 11) is 0. The van der Waals surface area contributed by atoms with Crippen molar-refractivity contribution in [3.63, 3.8) is 0 Å². The minimum Gasteiger partial charge on any atom is -0.344 e. The van der Waals surface area contributed by atoms with E-state index < -0.39 is 6.04 Å². The van der Waals surface area contributed by atoms with Crippen molar-refractivity contribution in [3.05, 3.63) is 29.8 Å².